The number of rotatable bonds is 1. The van der Waals surface area contributed by atoms with E-state index in [4.69, 9.17) is 5.41 Å². The molecule has 80 valence electrons. The topological polar surface area (TPSA) is 23.9 Å². The molecule has 2 heteroatoms. The van der Waals surface area contributed by atoms with Crippen LogP contribution in [-0.2, 0) is 0 Å². The van der Waals surface area contributed by atoms with Crippen molar-refractivity contribution < 1.29 is 0 Å². The van der Waals surface area contributed by atoms with E-state index in [2.05, 4.69) is 54.7 Å². The Morgan fingerprint density at radius 1 is 1.06 bits per heavy atom. The number of hydrogen-bond donors (Lipinski definition) is 1. The van der Waals surface area contributed by atoms with Crippen LogP contribution >= 0.6 is 12.2 Å². The van der Waals surface area contributed by atoms with Crippen LogP contribution in [0.25, 0.3) is 10.8 Å². The van der Waals surface area contributed by atoms with Crippen LogP contribution in [0, 0.1) is 5.41 Å². The first-order valence-electron chi connectivity index (χ1n) is 5.38. The molecule has 1 aliphatic rings. The Bertz CT molecular complexity index is 518. The molecule has 1 nitrogen and oxygen atoms in total. The SMILES string of the molecule is N=C=S.c1ccc2c(C3CC3)cccc2c1. The van der Waals surface area contributed by atoms with E-state index in [9.17, 15) is 0 Å². The normalized spacial score (nSPS) is 13.8. The molecule has 0 spiro atoms. The summed E-state index contributed by atoms with van der Waals surface area (Å²) < 4.78 is 0. The standard InChI is InChI=1S/C13H12.CHNS/c1-2-6-12-10(4-1)5-3-7-13(12)11-8-9-11;2-1-3/h1-7,11H,8-9H2;2H. The van der Waals surface area contributed by atoms with Crippen LogP contribution < -0.4 is 0 Å². The Labute approximate surface area is 101 Å². The van der Waals surface area contributed by atoms with Gasteiger partial charge in [-0.05, 0) is 47.3 Å². The number of benzene rings is 2. The molecule has 0 unspecified atom stereocenters. The highest BCUT2D eigenvalue weighted by Gasteiger charge is 2.24. The van der Waals surface area contributed by atoms with Gasteiger partial charge in [0.2, 0.25) is 0 Å². The predicted octanol–water partition coefficient (Wildman–Crippen LogP) is 4.39. The molecule has 1 aliphatic carbocycles. The van der Waals surface area contributed by atoms with E-state index in [-0.39, 0.29) is 0 Å². The van der Waals surface area contributed by atoms with Gasteiger partial charge in [0, 0.05) is 0 Å². The first-order chi connectivity index (χ1) is 7.86. The molecule has 3 rings (SSSR count). The highest BCUT2D eigenvalue weighted by Crippen LogP contribution is 2.42. The van der Waals surface area contributed by atoms with Crippen molar-refractivity contribution in [2.24, 2.45) is 0 Å². The second-order valence-electron chi connectivity index (χ2n) is 3.94. The third-order valence-corrected chi connectivity index (χ3v) is 2.84. The molecule has 1 N–H and O–H groups in total. The van der Waals surface area contributed by atoms with Crippen LogP contribution in [0.5, 0.6) is 0 Å². The van der Waals surface area contributed by atoms with Crippen molar-refractivity contribution in [2.45, 2.75) is 18.8 Å². The van der Waals surface area contributed by atoms with Gasteiger partial charge in [-0.2, -0.15) is 0 Å². The molecule has 0 radical (unpaired) electrons. The van der Waals surface area contributed by atoms with Gasteiger partial charge in [-0.15, -0.1) is 0 Å². The van der Waals surface area contributed by atoms with Crippen LogP contribution in [0.4, 0.5) is 0 Å². The maximum Gasteiger partial charge on any atom is 0.0554 e. The summed E-state index contributed by atoms with van der Waals surface area (Å²) in [5.74, 6) is 0.853. The molecule has 0 saturated heterocycles. The largest absolute Gasteiger partial charge is 0.248 e. The summed E-state index contributed by atoms with van der Waals surface area (Å²) >= 11 is 3.81. The van der Waals surface area contributed by atoms with Crippen molar-refractivity contribution in [3.8, 4) is 0 Å². The number of isothiocyanates is 1. The highest BCUT2D eigenvalue weighted by molar-refractivity contribution is 7.78. The molecule has 0 bridgehead atoms. The number of fused-ring (bicyclic) bond motifs is 1. The number of nitrogens with one attached hydrogen (secondary N) is 1. The van der Waals surface area contributed by atoms with Gasteiger partial charge in [-0.1, -0.05) is 42.5 Å². The van der Waals surface area contributed by atoms with Crippen molar-refractivity contribution in [1.82, 2.24) is 0 Å². The lowest BCUT2D eigenvalue weighted by Gasteiger charge is -2.03. The van der Waals surface area contributed by atoms with E-state index in [1.165, 1.54) is 23.6 Å². The van der Waals surface area contributed by atoms with Crippen LogP contribution in [0.3, 0.4) is 0 Å². The zero-order chi connectivity index (χ0) is 11.4. The second kappa shape index (κ2) is 5.02. The first-order valence-corrected chi connectivity index (χ1v) is 5.79. The van der Waals surface area contributed by atoms with Crippen molar-refractivity contribution in [3.63, 3.8) is 0 Å². The molecule has 1 saturated carbocycles. The number of hydrogen-bond acceptors (Lipinski definition) is 2. The fraction of sp³-hybridized carbons (Fsp3) is 0.214. The number of thiocarbonyl (C=S) groups is 1. The third kappa shape index (κ3) is 2.35. The zero-order valence-corrected chi connectivity index (χ0v) is 9.76. The van der Waals surface area contributed by atoms with E-state index < -0.39 is 0 Å². The monoisotopic (exact) mass is 227 g/mol. The Morgan fingerprint density at radius 2 is 1.69 bits per heavy atom. The molecular weight excluding hydrogens is 214 g/mol. The second-order valence-corrected chi connectivity index (χ2v) is 4.15. The Kier molecular flexibility index (Phi) is 3.45. The summed E-state index contributed by atoms with van der Waals surface area (Å²) in [4.78, 5) is 0. The van der Waals surface area contributed by atoms with Gasteiger partial charge in [0.15, 0.2) is 0 Å². The van der Waals surface area contributed by atoms with E-state index in [0.29, 0.717) is 0 Å². The summed E-state index contributed by atoms with van der Waals surface area (Å²) in [5.41, 5.74) is 1.55. The smallest absolute Gasteiger partial charge is 0.0554 e. The van der Waals surface area contributed by atoms with Gasteiger partial charge in [0.1, 0.15) is 0 Å². The molecule has 0 heterocycles. The van der Waals surface area contributed by atoms with Crippen molar-refractivity contribution in [3.05, 3.63) is 48.0 Å². The minimum absolute atomic E-state index is 0.853. The Morgan fingerprint density at radius 3 is 2.38 bits per heavy atom. The molecule has 0 aliphatic heterocycles. The van der Waals surface area contributed by atoms with Crippen molar-refractivity contribution in [2.75, 3.05) is 0 Å². The van der Waals surface area contributed by atoms with E-state index in [1.54, 1.807) is 10.7 Å². The molecule has 1 fully saturated rings. The molecule has 2 aromatic carbocycles. The van der Waals surface area contributed by atoms with Gasteiger partial charge in [0.05, 0.1) is 5.16 Å². The lowest BCUT2D eigenvalue weighted by atomic mass is 10.0. The van der Waals surface area contributed by atoms with E-state index in [0.717, 1.165) is 5.92 Å². The fourth-order valence-corrected chi connectivity index (χ4v) is 2.00. The van der Waals surface area contributed by atoms with Gasteiger partial charge >= 0.3 is 0 Å². The van der Waals surface area contributed by atoms with Gasteiger partial charge in [0.25, 0.3) is 0 Å². The summed E-state index contributed by atoms with van der Waals surface area (Å²) in [6, 6.07) is 15.3. The first kappa shape index (κ1) is 11.0. The van der Waals surface area contributed by atoms with Gasteiger partial charge < -0.3 is 0 Å². The third-order valence-electron chi connectivity index (χ3n) is 2.84. The van der Waals surface area contributed by atoms with Crippen molar-refractivity contribution in [1.29, 1.82) is 5.41 Å². The summed E-state index contributed by atoms with van der Waals surface area (Å²) in [7, 11) is 0. The van der Waals surface area contributed by atoms with Gasteiger partial charge in [-0.3, -0.25) is 0 Å². The lowest BCUT2D eigenvalue weighted by molar-refractivity contribution is 1.15. The fourth-order valence-electron chi connectivity index (χ4n) is 2.00. The van der Waals surface area contributed by atoms with Crippen molar-refractivity contribution >= 4 is 28.2 Å². The summed E-state index contributed by atoms with van der Waals surface area (Å²) in [6.07, 6.45) is 2.77. The molecule has 0 amide bonds. The Balaban J connectivity index is 0.000000292. The summed E-state index contributed by atoms with van der Waals surface area (Å²) in [5, 5.41) is 10.2. The average molecular weight is 227 g/mol. The van der Waals surface area contributed by atoms with Crippen LogP contribution in [0.1, 0.15) is 24.3 Å². The zero-order valence-electron chi connectivity index (χ0n) is 8.94. The molecular formula is C14H13NS. The van der Waals surface area contributed by atoms with E-state index in [1.807, 2.05) is 0 Å². The summed E-state index contributed by atoms with van der Waals surface area (Å²) in [6.45, 7) is 0. The molecule has 0 atom stereocenters. The van der Waals surface area contributed by atoms with Crippen LogP contribution in [-0.4, -0.2) is 5.16 Å². The molecule has 16 heavy (non-hydrogen) atoms. The lowest BCUT2D eigenvalue weighted by Crippen LogP contribution is -1.81. The van der Waals surface area contributed by atoms with Crippen LogP contribution in [0.15, 0.2) is 42.5 Å². The maximum atomic E-state index is 5.77. The van der Waals surface area contributed by atoms with Gasteiger partial charge in [-0.25, -0.2) is 5.41 Å². The quantitative estimate of drug-likeness (QED) is 0.567. The molecule has 2 aromatic rings. The minimum atomic E-state index is 0.853. The van der Waals surface area contributed by atoms with E-state index >= 15 is 0 Å². The molecule has 0 aromatic heterocycles. The minimum Gasteiger partial charge on any atom is -0.248 e. The average Bonchev–Trinajstić information content (AvgIpc) is 3.13. The van der Waals surface area contributed by atoms with Crippen LogP contribution in [0.2, 0.25) is 0 Å². The predicted molar refractivity (Wildman–Crippen MR) is 71.2 cm³/mol. The Hall–Kier alpha value is -1.50. The maximum absolute atomic E-state index is 5.77. The highest BCUT2D eigenvalue weighted by atomic mass is 32.1.